The van der Waals surface area contributed by atoms with E-state index < -0.39 is 71.2 Å². The summed E-state index contributed by atoms with van der Waals surface area (Å²) in [6.45, 7) is 3.54. The van der Waals surface area contributed by atoms with E-state index in [1.807, 2.05) is 0 Å². The van der Waals surface area contributed by atoms with Crippen LogP contribution in [0, 0.1) is 0 Å². The molecular formula is C47H78O12S. The van der Waals surface area contributed by atoms with E-state index in [0.29, 0.717) is 12.8 Å². The Kier molecular flexibility index (Phi) is 33.7. The van der Waals surface area contributed by atoms with Crippen molar-refractivity contribution < 1.29 is 56.8 Å². The molecule has 0 bridgehead atoms. The Bertz CT molecular complexity index is 1390. The zero-order chi connectivity index (χ0) is 44.1. The van der Waals surface area contributed by atoms with E-state index >= 15 is 0 Å². The number of unbranched alkanes of at least 4 members (excludes halogenated alkanes) is 12. The highest BCUT2D eigenvalue weighted by atomic mass is 32.2. The molecule has 0 aliphatic carbocycles. The molecule has 12 nitrogen and oxygen atoms in total. The number of hydrogen-bond donors (Lipinski definition) is 4. The molecule has 6 unspecified atom stereocenters. The standard InChI is InChI=1S/C47H78O12S/c1-3-5-7-9-11-13-15-17-18-19-20-21-22-24-26-28-30-32-34-36-43(49)58-40(38-57-47-46(52)45(51)44(50)41(59-47)39-60(53,54)55)37-56-42(48)35-33-31-29-27-25-23-16-14-12-10-8-6-4-2/h5,7-8,10-11,13-14,16-18,20-21,40-41,44-47,50-52H,3-4,6,9,12,15,19,22-39H2,1-2H3,(H,53,54,55)/b7-5-,10-8-,13-11-,16-14-,18-17-,21-20-. The Morgan fingerprint density at radius 2 is 1.05 bits per heavy atom. The molecule has 1 aliphatic heterocycles. The molecular weight excluding hydrogens is 789 g/mol. The lowest BCUT2D eigenvalue weighted by atomic mass is 10.00. The third-order valence-corrected chi connectivity index (χ3v) is 10.5. The van der Waals surface area contributed by atoms with Crippen LogP contribution in [0.25, 0.3) is 0 Å². The Hall–Kier alpha value is -2.91. The van der Waals surface area contributed by atoms with Crippen molar-refractivity contribution in [3.63, 3.8) is 0 Å². The van der Waals surface area contributed by atoms with Crippen molar-refractivity contribution in [2.75, 3.05) is 19.0 Å². The molecule has 6 atom stereocenters. The van der Waals surface area contributed by atoms with Crippen molar-refractivity contribution >= 4 is 22.1 Å². The van der Waals surface area contributed by atoms with Crippen molar-refractivity contribution in [2.45, 2.75) is 192 Å². The van der Waals surface area contributed by atoms with Crippen LogP contribution >= 0.6 is 0 Å². The summed E-state index contributed by atoms with van der Waals surface area (Å²) in [5.41, 5.74) is 0. The fraction of sp³-hybridized carbons (Fsp3) is 0.702. The molecule has 0 spiro atoms. The van der Waals surface area contributed by atoms with Gasteiger partial charge in [0.05, 0.1) is 6.61 Å². The van der Waals surface area contributed by atoms with Gasteiger partial charge in [0.25, 0.3) is 10.1 Å². The Balaban J connectivity index is 2.46. The van der Waals surface area contributed by atoms with Crippen LogP contribution in [0.1, 0.15) is 155 Å². The average Bonchev–Trinajstić information content (AvgIpc) is 3.21. The van der Waals surface area contributed by atoms with Gasteiger partial charge in [0.15, 0.2) is 12.4 Å². The van der Waals surface area contributed by atoms with Crippen molar-refractivity contribution in [3.8, 4) is 0 Å². The second kappa shape index (κ2) is 36.7. The third kappa shape index (κ3) is 31.0. The molecule has 1 rings (SSSR count). The minimum atomic E-state index is -4.61. The van der Waals surface area contributed by atoms with Gasteiger partial charge in [0.1, 0.15) is 36.8 Å². The average molecular weight is 867 g/mol. The molecule has 4 N–H and O–H groups in total. The molecule has 0 saturated carbocycles. The van der Waals surface area contributed by atoms with Crippen LogP contribution in [0.3, 0.4) is 0 Å². The molecule has 344 valence electrons. The van der Waals surface area contributed by atoms with Crippen LogP contribution in [-0.2, 0) is 38.7 Å². The molecule has 1 heterocycles. The maximum absolute atomic E-state index is 12.8. The summed E-state index contributed by atoms with van der Waals surface area (Å²) in [6.07, 6.45) is 36.6. The smallest absolute Gasteiger partial charge is 0.306 e. The van der Waals surface area contributed by atoms with Gasteiger partial charge in [-0.3, -0.25) is 14.1 Å². The number of carbonyl (C=O) groups is 2. The van der Waals surface area contributed by atoms with E-state index in [2.05, 4.69) is 86.8 Å². The van der Waals surface area contributed by atoms with Crippen molar-refractivity contribution in [2.24, 2.45) is 0 Å². The number of aliphatic hydroxyl groups is 3. The van der Waals surface area contributed by atoms with Crippen molar-refractivity contribution in [1.82, 2.24) is 0 Å². The Morgan fingerprint density at radius 3 is 1.57 bits per heavy atom. The molecule has 0 radical (unpaired) electrons. The molecule has 60 heavy (non-hydrogen) atoms. The van der Waals surface area contributed by atoms with Gasteiger partial charge in [-0.2, -0.15) is 8.42 Å². The maximum Gasteiger partial charge on any atom is 0.306 e. The highest BCUT2D eigenvalue weighted by molar-refractivity contribution is 7.85. The zero-order valence-corrected chi connectivity index (χ0v) is 37.3. The fourth-order valence-corrected chi connectivity index (χ4v) is 6.98. The van der Waals surface area contributed by atoms with Crippen LogP contribution in [-0.4, -0.2) is 96.0 Å². The Morgan fingerprint density at radius 1 is 0.583 bits per heavy atom. The summed E-state index contributed by atoms with van der Waals surface area (Å²) in [7, 11) is -4.61. The Labute approximate surface area is 361 Å². The van der Waals surface area contributed by atoms with Crippen LogP contribution in [0.4, 0.5) is 0 Å². The number of allylic oxidation sites excluding steroid dienone is 12. The highest BCUT2D eigenvalue weighted by Crippen LogP contribution is 2.24. The van der Waals surface area contributed by atoms with Crippen LogP contribution in [0.2, 0.25) is 0 Å². The first-order valence-electron chi connectivity index (χ1n) is 22.5. The summed E-state index contributed by atoms with van der Waals surface area (Å²) in [6, 6.07) is 0. The van der Waals surface area contributed by atoms with E-state index in [4.69, 9.17) is 18.9 Å². The second-order valence-corrected chi connectivity index (χ2v) is 16.8. The zero-order valence-electron chi connectivity index (χ0n) is 36.5. The van der Waals surface area contributed by atoms with Gasteiger partial charge in [-0.05, 0) is 77.0 Å². The first-order chi connectivity index (χ1) is 29.0. The normalized spacial score (nSPS) is 20.8. The highest BCUT2D eigenvalue weighted by Gasteiger charge is 2.46. The van der Waals surface area contributed by atoms with E-state index in [-0.39, 0.29) is 19.4 Å². The predicted molar refractivity (Wildman–Crippen MR) is 238 cm³/mol. The van der Waals surface area contributed by atoms with Gasteiger partial charge >= 0.3 is 11.9 Å². The van der Waals surface area contributed by atoms with Gasteiger partial charge in [0, 0.05) is 12.8 Å². The van der Waals surface area contributed by atoms with E-state index in [1.165, 1.54) is 0 Å². The second-order valence-electron chi connectivity index (χ2n) is 15.3. The summed E-state index contributed by atoms with van der Waals surface area (Å²) < 4.78 is 54.0. The van der Waals surface area contributed by atoms with E-state index in [1.54, 1.807) is 0 Å². The number of esters is 2. The molecule has 0 amide bonds. The summed E-state index contributed by atoms with van der Waals surface area (Å²) in [5, 5.41) is 30.9. The minimum Gasteiger partial charge on any atom is -0.462 e. The fourth-order valence-electron chi connectivity index (χ4n) is 6.29. The number of carbonyl (C=O) groups excluding carboxylic acids is 2. The molecule has 13 heteroatoms. The van der Waals surface area contributed by atoms with Crippen LogP contribution in [0.5, 0.6) is 0 Å². The summed E-state index contributed by atoms with van der Waals surface area (Å²) in [5.74, 6) is -2.03. The number of hydrogen-bond acceptors (Lipinski definition) is 11. The van der Waals surface area contributed by atoms with Gasteiger partial charge in [-0.15, -0.1) is 0 Å². The molecule has 1 fully saturated rings. The lowest BCUT2D eigenvalue weighted by Crippen LogP contribution is -2.60. The van der Waals surface area contributed by atoms with E-state index in [0.717, 1.165) is 116 Å². The third-order valence-electron chi connectivity index (χ3n) is 9.75. The quantitative estimate of drug-likeness (QED) is 0.0203. The van der Waals surface area contributed by atoms with Gasteiger partial charge in [-0.25, -0.2) is 0 Å². The lowest BCUT2D eigenvalue weighted by molar-refractivity contribution is -0.297. The van der Waals surface area contributed by atoms with E-state index in [9.17, 15) is 37.9 Å². The molecule has 0 aromatic heterocycles. The lowest BCUT2D eigenvalue weighted by Gasteiger charge is -2.40. The molecule has 0 aromatic carbocycles. The monoisotopic (exact) mass is 867 g/mol. The van der Waals surface area contributed by atoms with Gasteiger partial charge in [0.2, 0.25) is 0 Å². The predicted octanol–water partition coefficient (Wildman–Crippen LogP) is 9.11. The molecule has 1 saturated heterocycles. The summed E-state index contributed by atoms with van der Waals surface area (Å²) >= 11 is 0. The minimum absolute atomic E-state index is 0.141. The maximum atomic E-state index is 12.8. The largest absolute Gasteiger partial charge is 0.462 e. The van der Waals surface area contributed by atoms with Crippen molar-refractivity contribution in [3.05, 3.63) is 72.9 Å². The van der Waals surface area contributed by atoms with Gasteiger partial charge in [-0.1, -0.05) is 138 Å². The SMILES string of the molecule is CC/C=C\C/C=C\C/C=C\C/C=C\CCCCCCCCC(=O)OC(COC(=O)CCCCCCC/C=C\C/C=C\CCC)COC1OC(CS(=O)(=O)O)C(O)C(O)C1O. The van der Waals surface area contributed by atoms with Crippen LogP contribution in [0.15, 0.2) is 72.9 Å². The van der Waals surface area contributed by atoms with Crippen molar-refractivity contribution in [1.29, 1.82) is 0 Å². The topological polar surface area (TPSA) is 186 Å². The van der Waals surface area contributed by atoms with Gasteiger partial charge < -0.3 is 34.3 Å². The first-order valence-corrected chi connectivity index (χ1v) is 24.1. The van der Waals surface area contributed by atoms with Crippen LogP contribution < -0.4 is 0 Å². The number of aliphatic hydroxyl groups excluding tert-OH is 3. The molecule has 1 aliphatic rings. The molecule has 0 aromatic rings. The first kappa shape index (κ1) is 55.1. The number of ether oxygens (including phenoxy) is 4. The number of rotatable bonds is 36. The summed E-state index contributed by atoms with van der Waals surface area (Å²) in [4.78, 5) is 25.4.